The molecule has 1 rings (SSSR count). The fraction of sp³-hybridized carbons (Fsp3) is 1.00. The van der Waals surface area contributed by atoms with Gasteiger partial charge in [0, 0.05) is 18.6 Å². The first-order valence-electron chi connectivity index (χ1n) is 6.45. The summed E-state index contributed by atoms with van der Waals surface area (Å²) in [5.41, 5.74) is 0.146. The summed E-state index contributed by atoms with van der Waals surface area (Å²) in [6.07, 6.45) is 4.49. The molecule has 0 radical (unpaired) electrons. The van der Waals surface area contributed by atoms with Gasteiger partial charge < -0.3 is 5.32 Å². The number of nitrogens with zero attached hydrogens (tertiary/aromatic N) is 1. The van der Waals surface area contributed by atoms with Gasteiger partial charge in [-0.2, -0.15) is 0 Å². The van der Waals surface area contributed by atoms with Crippen LogP contribution in [0.3, 0.4) is 0 Å². The fourth-order valence-electron chi connectivity index (χ4n) is 2.04. The van der Waals surface area contributed by atoms with Crippen molar-refractivity contribution in [3.8, 4) is 0 Å². The molecule has 102 valence electrons. The van der Waals surface area contributed by atoms with Crippen molar-refractivity contribution in [3.63, 3.8) is 0 Å². The standard InChI is InChI=1S/C12H26N2O2S/c1-5-12(2,3)13-9-11-7-6-8-14(10-11)17(4,15)16/h11,13H,5-10H2,1-4H3. The van der Waals surface area contributed by atoms with Crippen LogP contribution in [0.2, 0.25) is 0 Å². The molecule has 1 aliphatic rings. The Morgan fingerprint density at radius 3 is 2.59 bits per heavy atom. The van der Waals surface area contributed by atoms with Crippen LogP contribution in [0.5, 0.6) is 0 Å². The van der Waals surface area contributed by atoms with Crippen molar-refractivity contribution in [1.82, 2.24) is 9.62 Å². The molecule has 1 saturated heterocycles. The average Bonchev–Trinajstić information content (AvgIpc) is 2.26. The van der Waals surface area contributed by atoms with E-state index in [-0.39, 0.29) is 5.54 Å². The molecule has 0 aliphatic carbocycles. The Labute approximate surface area is 106 Å². The first-order valence-corrected chi connectivity index (χ1v) is 8.29. The van der Waals surface area contributed by atoms with Crippen molar-refractivity contribution >= 4 is 10.0 Å². The molecule has 1 N–H and O–H groups in total. The molecule has 1 atom stereocenters. The van der Waals surface area contributed by atoms with E-state index in [1.54, 1.807) is 4.31 Å². The third-order valence-electron chi connectivity index (χ3n) is 3.70. The Balaban J connectivity index is 2.46. The van der Waals surface area contributed by atoms with Crippen LogP contribution in [-0.4, -0.2) is 44.2 Å². The van der Waals surface area contributed by atoms with Crippen LogP contribution in [0.1, 0.15) is 40.0 Å². The second-order valence-corrected chi connectivity index (χ2v) is 7.73. The van der Waals surface area contributed by atoms with Crippen LogP contribution in [-0.2, 0) is 10.0 Å². The SMILES string of the molecule is CCC(C)(C)NCC1CCCN(S(C)(=O)=O)C1. The molecule has 0 aromatic rings. The molecule has 1 heterocycles. The van der Waals surface area contributed by atoms with Gasteiger partial charge in [-0.05, 0) is 45.6 Å². The maximum Gasteiger partial charge on any atom is 0.211 e. The van der Waals surface area contributed by atoms with E-state index in [4.69, 9.17) is 0 Å². The minimum Gasteiger partial charge on any atom is -0.311 e. The van der Waals surface area contributed by atoms with Gasteiger partial charge >= 0.3 is 0 Å². The summed E-state index contributed by atoms with van der Waals surface area (Å²) >= 11 is 0. The van der Waals surface area contributed by atoms with Crippen molar-refractivity contribution in [2.45, 2.75) is 45.6 Å². The summed E-state index contributed by atoms with van der Waals surface area (Å²) in [7, 11) is -3.01. The van der Waals surface area contributed by atoms with Crippen molar-refractivity contribution < 1.29 is 8.42 Å². The van der Waals surface area contributed by atoms with E-state index in [2.05, 4.69) is 26.1 Å². The molecule has 1 fully saturated rings. The molecule has 1 aliphatic heterocycles. The van der Waals surface area contributed by atoms with Crippen molar-refractivity contribution in [2.75, 3.05) is 25.9 Å². The van der Waals surface area contributed by atoms with Gasteiger partial charge in [0.1, 0.15) is 0 Å². The van der Waals surface area contributed by atoms with E-state index in [9.17, 15) is 8.42 Å². The zero-order valence-corrected chi connectivity index (χ0v) is 12.3. The van der Waals surface area contributed by atoms with E-state index in [0.29, 0.717) is 19.0 Å². The fourth-order valence-corrected chi connectivity index (χ4v) is 2.98. The first-order chi connectivity index (χ1) is 7.74. The van der Waals surface area contributed by atoms with Gasteiger partial charge in [-0.1, -0.05) is 6.92 Å². The maximum absolute atomic E-state index is 11.5. The molecule has 1 unspecified atom stereocenters. The van der Waals surface area contributed by atoms with E-state index in [1.165, 1.54) is 6.26 Å². The average molecular weight is 262 g/mol. The molecule has 0 aromatic heterocycles. The molecular weight excluding hydrogens is 236 g/mol. The number of hydrogen-bond acceptors (Lipinski definition) is 3. The van der Waals surface area contributed by atoms with Crippen molar-refractivity contribution in [2.24, 2.45) is 5.92 Å². The van der Waals surface area contributed by atoms with Crippen LogP contribution in [0, 0.1) is 5.92 Å². The van der Waals surface area contributed by atoms with Gasteiger partial charge in [0.2, 0.25) is 10.0 Å². The molecule has 17 heavy (non-hydrogen) atoms. The van der Waals surface area contributed by atoms with Crippen LogP contribution in [0.25, 0.3) is 0 Å². The molecule has 0 spiro atoms. The second-order valence-electron chi connectivity index (χ2n) is 5.75. The Morgan fingerprint density at radius 1 is 1.41 bits per heavy atom. The van der Waals surface area contributed by atoms with Gasteiger partial charge in [-0.3, -0.25) is 0 Å². The van der Waals surface area contributed by atoms with Crippen LogP contribution < -0.4 is 5.32 Å². The van der Waals surface area contributed by atoms with Gasteiger partial charge in [0.25, 0.3) is 0 Å². The summed E-state index contributed by atoms with van der Waals surface area (Å²) in [6, 6.07) is 0. The van der Waals surface area contributed by atoms with Gasteiger partial charge in [-0.15, -0.1) is 0 Å². The highest BCUT2D eigenvalue weighted by atomic mass is 32.2. The predicted octanol–water partition coefficient (Wildman–Crippen LogP) is 1.44. The zero-order chi connectivity index (χ0) is 13.1. The van der Waals surface area contributed by atoms with Crippen molar-refractivity contribution in [3.05, 3.63) is 0 Å². The van der Waals surface area contributed by atoms with E-state index < -0.39 is 10.0 Å². The third kappa shape index (κ3) is 4.94. The number of nitrogens with one attached hydrogen (secondary N) is 1. The highest BCUT2D eigenvalue weighted by molar-refractivity contribution is 7.88. The summed E-state index contributed by atoms with van der Waals surface area (Å²) in [5.74, 6) is 0.448. The molecule has 0 amide bonds. The lowest BCUT2D eigenvalue weighted by Crippen LogP contribution is -2.46. The van der Waals surface area contributed by atoms with E-state index >= 15 is 0 Å². The lowest BCUT2D eigenvalue weighted by molar-refractivity contribution is 0.240. The summed E-state index contributed by atoms with van der Waals surface area (Å²) in [4.78, 5) is 0. The minimum absolute atomic E-state index is 0.146. The third-order valence-corrected chi connectivity index (χ3v) is 4.97. The van der Waals surface area contributed by atoms with E-state index in [0.717, 1.165) is 25.8 Å². The van der Waals surface area contributed by atoms with Crippen LogP contribution in [0.15, 0.2) is 0 Å². The number of piperidine rings is 1. The molecule has 0 aromatic carbocycles. The zero-order valence-electron chi connectivity index (χ0n) is 11.5. The number of hydrogen-bond donors (Lipinski definition) is 1. The summed E-state index contributed by atoms with van der Waals surface area (Å²) < 4.78 is 24.6. The van der Waals surface area contributed by atoms with Crippen LogP contribution in [0.4, 0.5) is 0 Å². The molecule has 4 nitrogen and oxygen atoms in total. The summed E-state index contributed by atoms with van der Waals surface area (Å²) in [5, 5.41) is 3.53. The van der Waals surface area contributed by atoms with Gasteiger partial charge in [0.15, 0.2) is 0 Å². The largest absolute Gasteiger partial charge is 0.311 e. The lowest BCUT2D eigenvalue weighted by atomic mass is 9.96. The highest BCUT2D eigenvalue weighted by Crippen LogP contribution is 2.19. The normalized spacial score (nSPS) is 23.9. The Bertz CT molecular complexity index is 338. The van der Waals surface area contributed by atoms with Crippen LogP contribution >= 0.6 is 0 Å². The minimum atomic E-state index is -3.01. The Kier molecular flexibility index (Phi) is 4.98. The quantitative estimate of drug-likeness (QED) is 0.815. The Hall–Kier alpha value is -0.130. The van der Waals surface area contributed by atoms with E-state index in [1.807, 2.05) is 0 Å². The highest BCUT2D eigenvalue weighted by Gasteiger charge is 2.26. The molecule has 5 heteroatoms. The monoisotopic (exact) mass is 262 g/mol. The maximum atomic E-state index is 11.5. The second kappa shape index (κ2) is 5.67. The Morgan fingerprint density at radius 2 is 2.06 bits per heavy atom. The summed E-state index contributed by atoms with van der Waals surface area (Å²) in [6.45, 7) is 8.80. The van der Waals surface area contributed by atoms with Crippen molar-refractivity contribution in [1.29, 1.82) is 0 Å². The molecular formula is C12H26N2O2S. The number of sulfonamides is 1. The topological polar surface area (TPSA) is 49.4 Å². The first kappa shape index (κ1) is 14.9. The van der Waals surface area contributed by atoms with Gasteiger partial charge in [-0.25, -0.2) is 12.7 Å². The number of rotatable bonds is 5. The van der Waals surface area contributed by atoms with Gasteiger partial charge in [0.05, 0.1) is 6.26 Å². The lowest BCUT2D eigenvalue weighted by Gasteiger charge is -2.34. The predicted molar refractivity (Wildman–Crippen MR) is 71.5 cm³/mol. The molecule has 0 bridgehead atoms. The smallest absolute Gasteiger partial charge is 0.211 e. The molecule has 0 saturated carbocycles.